The van der Waals surface area contributed by atoms with Crippen LogP contribution in [0.4, 0.5) is 5.82 Å². The van der Waals surface area contributed by atoms with Crippen molar-refractivity contribution in [3.63, 3.8) is 0 Å². The van der Waals surface area contributed by atoms with Gasteiger partial charge in [-0.05, 0) is 24.8 Å². The molecule has 0 N–H and O–H groups in total. The van der Waals surface area contributed by atoms with E-state index in [0.29, 0.717) is 24.8 Å². The molecule has 1 fully saturated rings. The van der Waals surface area contributed by atoms with E-state index in [1.807, 2.05) is 12.1 Å². The van der Waals surface area contributed by atoms with Crippen LogP contribution in [-0.2, 0) is 23.3 Å². The van der Waals surface area contributed by atoms with Crippen molar-refractivity contribution in [2.24, 2.45) is 5.92 Å². The minimum atomic E-state index is -0.0801. The zero-order chi connectivity index (χ0) is 21.3. The third kappa shape index (κ3) is 4.21. The van der Waals surface area contributed by atoms with Crippen molar-refractivity contribution >= 4 is 11.6 Å². The van der Waals surface area contributed by atoms with E-state index in [2.05, 4.69) is 45.8 Å². The molecular formula is C21H29N7O2. The van der Waals surface area contributed by atoms with Gasteiger partial charge in [0.1, 0.15) is 12.1 Å². The second-order valence-corrected chi connectivity index (χ2v) is 8.93. The van der Waals surface area contributed by atoms with E-state index in [1.165, 1.54) is 6.33 Å². The van der Waals surface area contributed by atoms with Crippen LogP contribution in [-0.4, -0.2) is 49.6 Å². The van der Waals surface area contributed by atoms with E-state index in [4.69, 9.17) is 4.74 Å². The number of fused-ring (bicyclic) bond motifs is 1. The second-order valence-electron chi connectivity index (χ2n) is 8.93. The number of aromatic nitrogens is 6. The highest BCUT2D eigenvalue weighted by Crippen LogP contribution is 2.25. The van der Waals surface area contributed by atoms with Crippen LogP contribution in [0.5, 0.6) is 0 Å². The molecule has 30 heavy (non-hydrogen) atoms. The van der Waals surface area contributed by atoms with Gasteiger partial charge in [-0.2, -0.15) is 19.7 Å². The summed E-state index contributed by atoms with van der Waals surface area (Å²) in [7, 11) is 1.66. The molecule has 3 aromatic heterocycles. The molecule has 4 rings (SSSR count). The summed E-state index contributed by atoms with van der Waals surface area (Å²) in [6.45, 7) is 9.18. The van der Waals surface area contributed by atoms with Crippen molar-refractivity contribution < 1.29 is 4.74 Å². The lowest BCUT2D eigenvalue weighted by molar-refractivity contribution is 0.181. The standard InChI is InChI=1S/C21H29N7O2/c1-21(2,3)17-5-6-19(29)27(25-17)12-15-7-9-26(10-8-15)18-11-16(13-30-4)24-20-22-14-23-28(18)20/h5-6,11,14-15H,7-10,12-13H2,1-4H3. The molecule has 0 aromatic carbocycles. The Labute approximate surface area is 175 Å². The average Bonchev–Trinajstić information content (AvgIpc) is 3.18. The number of hydrogen-bond donors (Lipinski definition) is 0. The van der Waals surface area contributed by atoms with E-state index < -0.39 is 0 Å². The van der Waals surface area contributed by atoms with Crippen LogP contribution in [0.3, 0.4) is 0 Å². The molecule has 1 aliphatic rings. The Balaban J connectivity index is 1.48. The first-order valence-corrected chi connectivity index (χ1v) is 10.4. The third-order valence-electron chi connectivity index (χ3n) is 5.58. The predicted molar refractivity (Wildman–Crippen MR) is 114 cm³/mol. The summed E-state index contributed by atoms with van der Waals surface area (Å²) < 4.78 is 8.66. The van der Waals surface area contributed by atoms with Gasteiger partial charge in [-0.3, -0.25) is 4.79 Å². The molecule has 9 nitrogen and oxygen atoms in total. The SMILES string of the molecule is COCc1cc(N2CCC(Cn3nc(C(C)(C)C)ccc3=O)CC2)n2ncnc2n1. The van der Waals surface area contributed by atoms with E-state index in [9.17, 15) is 4.79 Å². The first-order valence-electron chi connectivity index (χ1n) is 10.4. The van der Waals surface area contributed by atoms with Gasteiger partial charge in [0, 0.05) is 44.3 Å². The van der Waals surface area contributed by atoms with Gasteiger partial charge >= 0.3 is 0 Å². The van der Waals surface area contributed by atoms with E-state index in [1.54, 1.807) is 22.4 Å². The summed E-state index contributed by atoms with van der Waals surface area (Å²) in [4.78, 5) is 23.4. The summed E-state index contributed by atoms with van der Waals surface area (Å²) >= 11 is 0. The fourth-order valence-corrected chi connectivity index (χ4v) is 3.86. The van der Waals surface area contributed by atoms with Gasteiger partial charge in [-0.15, -0.1) is 0 Å². The lowest BCUT2D eigenvalue weighted by atomic mass is 9.92. The second kappa shape index (κ2) is 8.14. The molecule has 3 aromatic rings. The van der Waals surface area contributed by atoms with Crippen molar-refractivity contribution in [3.05, 3.63) is 46.3 Å². The summed E-state index contributed by atoms with van der Waals surface area (Å²) in [6, 6.07) is 5.49. The highest BCUT2D eigenvalue weighted by molar-refractivity contribution is 5.47. The van der Waals surface area contributed by atoms with Crippen LogP contribution in [0.15, 0.2) is 29.3 Å². The van der Waals surface area contributed by atoms with Crippen LogP contribution in [0.2, 0.25) is 0 Å². The molecule has 9 heteroatoms. The first-order chi connectivity index (χ1) is 14.3. The van der Waals surface area contributed by atoms with Gasteiger partial charge in [-0.25, -0.2) is 9.67 Å². The van der Waals surface area contributed by atoms with Crippen molar-refractivity contribution in [2.45, 2.75) is 52.2 Å². The Morgan fingerprint density at radius 3 is 2.67 bits per heavy atom. The number of nitrogens with zero attached hydrogens (tertiary/aromatic N) is 7. The van der Waals surface area contributed by atoms with Gasteiger partial charge in [0.15, 0.2) is 0 Å². The molecule has 1 aliphatic heterocycles. The molecule has 4 heterocycles. The van der Waals surface area contributed by atoms with E-state index in [0.717, 1.165) is 43.1 Å². The van der Waals surface area contributed by atoms with E-state index >= 15 is 0 Å². The fraction of sp³-hybridized carbons (Fsp3) is 0.571. The monoisotopic (exact) mass is 411 g/mol. The summed E-state index contributed by atoms with van der Waals surface area (Å²) in [5, 5.41) is 8.96. The summed E-state index contributed by atoms with van der Waals surface area (Å²) in [6.07, 6.45) is 3.48. The molecule has 0 unspecified atom stereocenters. The Morgan fingerprint density at radius 2 is 1.97 bits per heavy atom. The predicted octanol–water partition coefficient (Wildman–Crippen LogP) is 2.04. The Kier molecular flexibility index (Phi) is 5.55. The average molecular weight is 412 g/mol. The van der Waals surface area contributed by atoms with Gasteiger partial charge in [-0.1, -0.05) is 20.8 Å². The molecule has 0 atom stereocenters. The Morgan fingerprint density at radius 1 is 1.20 bits per heavy atom. The highest BCUT2D eigenvalue weighted by Gasteiger charge is 2.24. The zero-order valence-electron chi connectivity index (χ0n) is 18.1. The largest absolute Gasteiger partial charge is 0.378 e. The molecule has 0 spiro atoms. The first kappa shape index (κ1) is 20.5. The van der Waals surface area contributed by atoms with Crippen LogP contribution in [0.1, 0.15) is 45.0 Å². The number of anilines is 1. The lowest BCUT2D eigenvalue weighted by Gasteiger charge is -2.33. The van der Waals surface area contributed by atoms with Crippen molar-refractivity contribution in [3.8, 4) is 0 Å². The Hall–Kier alpha value is -2.81. The highest BCUT2D eigenvalue weighted by atomic mass is 16.5. The maximum Gasteiger partial charge on any atom is 0.266 e. The van der Waals surface area contributed by atoms with Crippen molar-refractivity contribution in [1.82, 2.24) is 29.4 Å². The molecular weight excluding hydrogens is 382 g/mol. The molecule has 1 saturated heterocycles. The third-order valence-corrected chi connectivity index (χ3v) is 5.58. The van der Waals surface area contributed by atoms with Crippen LogP contribution in [0, 0.1) is 5.92 Å². The van der Waals surface area contributed by atoms with Crippen LogP contribution in [0.25, 0.3) is 5.78 Å². The van der Waals surface area contributed by atoms with Gasteiger partial charge in [0.25, 0.3) is 11.3 Å². The van der Waals surface area contributed by atoms with Gasteiger partial charge in [0.2, 0.25) is 0 Å². The molecule has 160 valence electrons. The number of methoxy groups -OCH3 is 1. The molecule has 0 bridgehead atoms. The molecule has 0 radical (unpaired) electrons. The summed E-state index contributed by atoms with van der Waals surface area (Å²) in [5.74, 6) is 1.97. The van der Waals surface area contributed by atoms with Gasteiger partial charge in [0.05, 0.1) is 18.0 Å². The topological polar surface area (TPSA) is 90.4 Å². The molecule has 0 saturated carbocycles. The maximum absolute atomic E-state index is 12.3. The number of ether oxygens (including phenoxy) is 1. The van der Waals surface area contributed by atoms with Crippen molar-refractivity contribution in [2.75, 3.05) is 25.1 Å². The number of rotatable bonds is 5. The minimum Gasteiger partial charge on any atom is -0.378 e. The normalized spacial score (nSPS) is 15.8. The number of hydrogen-bond acceptors (Lipinski definition) is 7. The van der Waals surface area contributed by atoms with Crippen LogP contribution < -0.4 is 10.5 Å². The Bertz CT molecular complexity index is 1070. The zero-order valence-corrected chi connectivity index (χ0v) is 18.1. The van der Waals surface area contributed by atoms with Gasteiger partial charge < -0.3 is 9.64 Å². The summed E-state index contributed by atoms with van der Waals surface area (Å²) in [5.41, 5.74) is 1.66. The smallest absolute Gasteiger partial charge is 0.266 e. The quantitative estimate of drug-likeness (QED) is 0.634. The lowest BCUT2D eigenvalue weighted by Crippen LogP contribution is -2.38. The fourth-order valence-electron chi connectivity index (χ4n) is 3.86. The van der Waals surface area contributed by atoms with Crippen LogP contribution >= 0.6 is 0 Å². The van der Waals surface area contributed by atoms with E-state index in [-0.39, 0.29) is 11.0 Å². The molecule has 0 aliphatic carbocycles. The van der Waals surface area contributed by atoms with Crippen molar-refractivity contribution in [1.29, 1.82) is 0 Å². The number of piperidine rings is 1. The minimum absolute atomic E-state index is 0.0342. The molecule has 0 amide bonds. The maximum atomic E-state index is 12.3.